The number of aliphatic carboxylic acids is 1. The van der Waals surface area contributed by atoms with Gasteiger partial charge in [-0.2, -0.15) is 0 Å². The van der Waals surface area contributed by atoms with E-state index in [2.05, 4.69) is 18.7 Å². The number of hydrogen-bond acceptors (Lipinski definition) is 2. The van der Waals surface area contributed by atoms with Crippen molar-refractivity contribution in [2.75, 3.05) is 13.1 Å². The van der Waals surface area contributed by atoms with Gasteiger partial charge < -0.3 is 5.11 Å². The van der Waals surface area contributed by atoms with Crippen molar-refractivity contribution in [3.63, 3.8) is 0 Å². The van der Waals surface area contributed by atoms with Gasteiger partial charge in [0, 0.05) is 12.6 Å². The Bertz CT molecular complexity index is 292. The largest absolute Gasteiger partial charge is 0.481 e. The van der Waals surface area contributed by atoms with Crippen LogP contribution in [0.4, 0.5) is 0 Å². The Kier molecular flexibility index (Phi) is 4.66. The maximum absolute atomic E-state index is 11.5. The van der Waals surface area contributed by atoms with Crippen LogP contribution in [0, 0.1) is 17.8 Å². The number of carboxylic acids is 1. The van der Waals surface area contributed by atoms with E-state index in [9.17, 15) is 9.90 Å². The molecule has 0 aromatic rings. The zero-order chi connectivity index (χ0) is 13.1. The van der Waals surface area contributed by atoms with Crippen LogP contribution in [0.3, 0.4) is 0 Å². The van der Waals surface area contributed by atoms with Crippen LogP contribution in [0.2, 0.25) is 0 Å². The van der Waals surface area contributed by atoms with E-state index < -0.39 is 5.97 Å². The molecule has 3 heteroatoms. The minimum Gasteiger partial charge on any atom is -0.481 e. The Hall–Kier alpha value is -0.570. The molecule has 1 aliphatic heterocycles. The molecule has 18 heavy (non-hydrogen) atoms. The third-order valence-electron chi connectivity index (χ3n) is 5.13. The van der Waals surface area contributed by atoms with E-state index >= 15 is 0 Å². The minimum absolute atomic E-state index is 0.131. The molecule has 1 saturated carbocycles. The molecule has 1 aliphatic carbocycles. The van der Waals surface area contributed by atoms with Gasteiger partial charge in [0.1, 0.15) is 0 Å². The fraction of sp³-hybridized carbons (Fsp3) is 0.933. The zero-order valence-corrected chi connectivity index (χ0v) is 11.8. The van der Waals surface area contributed by atoms with Crippen molar-refractivity contribution < 1.29 is 9.90 Å². The predicted octanol–water partition coefficient (Wildman–Crippen LogP) is 3.00. The van der Waals surface area contributed by atoms with E-state index in [1.165, 1.54) is 19.3 Å². The van der Waals surface area contributed by atoms with Gasteiger partial charge in [-0.05, 0) is 37.6 Å². The number of likely N-dealkylation sites (tertiary alicyclic amines) is 1. The molecule has 0 spiro atoms. The van der Waals surface area contributed by atoms with E-state index in [1.54, 1.807) is 0 Å². The van der Waals surface area contributed by atoms with Gasteiger partial charge in [0.15, 0.2) is 0 Å². The first-order valence-corrected chi connectivity index (χ1v) is 7.56. The van der Waals surface area contributed by atoms with E-state index in [0.717, 1.165) is 38.3 Å². The molecule has 0 aromatic carbocycles. The molecule has 1 N–H and O–H groups in total. The molecule has 0 amide bonds. The smallest absolute Gasteiger partial charge is 0.308 e. The van der Waals surface area contributed by atoms with Crippen LogP contribution < -0.4 is 0 Å². The van der Waals surface area contributed by atoms with Crippen molar-refractivity contribution in [1.29, 1.82) is 0 Å². The van der Waals surface area contributed by atoms with Gasteiger partial charge in [0.2, 0.25) is 0 Å². The third kappa shape index (κ3) is 3.05. The third-order valence-corrected chi connectivity index (χ3v) is 5.13. The van der Waals surface area contributed by atoms with E-state index in [4.69, 9.17) is 0 Å². The lowest BCUT2D eigenvalue weighted by atomic mass is 9.85. The van der Waals surface area contributed by atoms with Crippen LogP contribution in [0.15, 0.2) is 0 Å². The van der Waals surface area contributed by atoms with Gasteiger partial charge in [-0.3, -0.25) is 9.69 Å². The van der Waals surface area contributed by atoms with Crippen LogP contribution in [0.25, 0.3) is 0 Å². The second-order valence-electron chi connectivity index (χ2n) is 6.39. The van der Waals surface area contributed by atoms with Gasteiger partial charge in [-0.15, -0.1) is 0 Å². The topological polar surface area (TPSA) is 40.5 Å². The summed E-state index contributed by atoms with van der Waals surface area (Å²) in [6.07, 6.45) is 6.69. The number of rotatable bonds is 2. The van der Waals surface area contributed by atoms with Crippen LogP contribution in [0.5, 0.6) is 0 Å². The molecule has 4 unspecified atom stereocenters. The highest BCUT2D eigenvalue weighted by Gasteiger charge is 2.36. The molecule has 4 atom stereocenters. The van der Waals surface area contributed by atoms with E-state index in [1.807, 2.05) is 0 Å². The Morgan fingerprint density at radius 2 is 1.78 bits per heavy atom. The van der Waals surface area contributed by atoms with E-state index in [0.29, 0.717) is 12.0 Å². The number of carbonyl (C=O) groups is 1. The standard InChI is InChI=1S/C15H27NO2/c1-11-8-9-16(10-12(11)2)14-7-5-3-4-6-13(14)15(17)18/h11-14H,3-10H2,1-2H3,(H,17,18). The highest BCUT2D eigenvalue weighted by molar-refractivity contribution is 5.70. The van der Waals surface area contributed by atoms with Crippen LogP contribution in [-0.2, 0) is 4.79 Å². The van der Waals surface area contributed by atoms with Crippen molar-refractivity contribution in [3.8, 4) is 0 Å². The minimum atomic E-state index is -0.576. The Morgan fingerprint density at radius 3 is 2.44 bits per heavy atom. The zero-order valence-electron chi connectivity index (χ0n) is 11.8. The van der Waals surface area contributed by atoms with Crippen LogP contribution in [-0.4, -0.2) is 35.1 Å². The average Bonchev–Trinajstić information content (AvgIpc) is 2.58. The molecule has 0 radical (unpaired) electrons. The second kappa shape index (κ2) is 6.05. The average molecular weight is 253 g/mol. The molecule has 0 bridgehead atoms. The first kappa shape index (κ1) is 13.9. The van der Waals surface area contributed by atoms with Crippen molar-refractivity contribution in [2.45, 2.75) is 58.4 Å². The molecular formula is C15H27NO2. The summed E-state index contributed by atoms with van der Waals surface area (Å²) in [6.45, 7) is 6.82. The summed E-state index contributed by atoms with van der Waals surface area (Å²) in [7, 11) is 0. The molecule has 1 heterocycles. The van der Waals surface area contributed by atoms with Crippen molar-refractivity contribution in [3.05, 3.63) is 0 Å². The second-order valence-corrected chi connectivity index (χ2v) is 6.39. The Morgan fingerprint density at radius 1 is 1.06 bits per heavy atom. The summed E-state index contributed by atoms with van der Waals surface area (Å²) < 4.78 is 0. The number of nitrogens with zero attached hydrogens (tertiary/aromatic N) is 1. The first-order valence-electron chi connectivity index (χ1n) is 7.56. The van der Waals surface area contributed by atoms with Gasteiger partial charge in [0.05, 0.1) is 5.92 Å². The Labute approximate surface area is 111 Å². The number of carboxylic acid groups (broad SMARTS) is 1. The summed E-state index contributed by atoms with van der Waals surface area (Å²) >= 11 is 0. The lowest BCUT2D eigenvalue weighted by Gasteiger charge is -2.41. The number of hydrogen-bond donors (Lipinski definition) is 1. The summed E-state index contributed by atoms with van der Waals surface area (Å²) in [4.78, 5) is 14.0. The molecule has 2 aliphatic rings. The van der Waals surface area contributed by atoms with Gasteiger partial charge in [0.25, 0.3) is 0 Å². The highest BCUT2D eigenvalue weighted by atomic mass is 16.4. The van der Waals surface area contributed by atoms with Crippen molar-refractivity contribution in [2.24, 2.45) is 17.8 Å². The summed E-state index contributed by atoms with van der Waals surface area (Å²) in [6, 6.07) is 0.292. The van der Waals surface area contributed by atoms with E-state index in [-0.39, 0.29) is 5.92 Å². The van der Waals surface area contributed by atoms with Gasteiger partial charge in [-0.1, -0.05) is 33.1 Å². The lowest BCUT2D eigenvalue weighted by Crippen LogP contribution is -2.49. The first-order chi connectivity index (χ1) is 8.59. The normalized spacial score (nSPS) is 39.2. The van der Waals surface area contributed by atoms with Crippen LogP contribution >= 0.6 is 0 Å². The van der Waals surface area contributed by atoms with Gasteiger partial charge >= 0.3 is 5.97 Å². The molecule has 0 aromatic heterocycles. The fourth-order valence-electron chi connectivity index (χ4n) is 3.61. The van der Waals surface area contributed by atoms with Gasteiger partial charge in [-0.25, -0.2) is 0 Å². The lowest BCUT2D eigenvalue weighted by molar-refractivity contribution is -0.145. The highest BCUT2D eigenvalue weighted by Crippen LogP contribution is 2.32. The maximum atomic E-state index is 11.5. The summed E-state index contributed by atoms with van der Waals surface area (Å²) in [5, 5.41) is 9.46. The molecule has 104 valence electrons. The number of piperidine rings is 1. The molecule has 2 fully saturated rings. The Balaban J connectivity index is 2.05. The summed E-state index contributed by atoms with van der Waals surface area (Å²) in [5.74, 6) is 0.785. The quantitative estimate of drug-likeness (QED) is 0.769. The predicted molar refractivity (Wildman–Crippen MR) is 72.5 cm³/mol. The fourth-order valence-corrected chi connectivity index (χ4v) is 3.61. The maximum Gasteiger partial charge on any atom is 0.308 e. The summed E-state index contributed by atoms with van der Waals surface area (Å²) in [5.41, 5.74) is 0. The van der Waals surface area contributed by atoms with Crippen LogP contribution in [0.1, 0.15) is 52.4 Å². The van der Waals surface area contributed by atoms with Crippen molar-refractivity contribution >= 4 is 5.97 Å². The molecule has 2 rings (SSSR count). The van der Waals surface area contributed by atoms with Crippen molar-refractivity contribution in [1.82, 2.24) is 4.90 Å². The molecular weight excluding hydrogens is 226 g/mol. The monoisotopic (exact) mass is 253 g/mol. The molecule has 3 nitrogen and oxygen atoms in total. The SMILES string of the molecule is CC1CCN(C2CCCCCC2C(=O)O)CC1C. The molecule has 1 saturated heterocycles.